The number of carbonyl (C=O) groups is 1. The summed E-state index contributed by atoms with van der Waals surface area (Å²) in [7, 11) is 1.59. The summed E-state index contributed by atoms with van der Waals surface area (Å²) in [6.07, 6.45) is 14.7. The lowest BCUT2D eigenvalue weighted by atomic mass is 10.0. The van der Waals surface area contributed by atoms with Gasteiger partial charge < -0.3 is 4.74 Å². The van der Waals surface area contributed by atoms with E-state index in [-0.39, 0.29) is 0 Å². The summed E-state index contributed by atoms with van der Waals surface area (Å²) >= 11 is 6.68. The fourth-order valence-corrected chi connectivity index (χ4v) is 3.65. The maximum Gasteiger partial charge on any atom is 0.147 e. The number of hydrogen-bond donors (Lipinski definition) is 0. The van der Waals surface area contributed by atoms with Gasteiger partial charge in [-0.1, -0.05) is 80.6 Å². The first-order valence-corrected chi connectivity index (χ1v) is 10.1. The van der Waals surface area contributed by atoms with Crippen LogP contribution in [-0.2, 0) is 9.53 Å². The molecule has 0 aliphatic carbocycles. The van der Waals surface area contributed by atoms with Crippen LogP contribution in [0.3, 0.4) is 0 Å². The van der Waals surface area contributed by atoms with Crippen LogP contribution in [0.4, 0.5) is 0 Å². The Morgan fingerprint density at radius 1 is 0.955 bits per heavy atom. The Labute approximate surface area is 153 Å². The summed E-state index contributed by atoms with van der Waals surface area (Å²) in [5.74, 6) is 0.647. The SMILES string of the molecule is CCCCCCCCCCCC/C(C=O)=C(Br)/C(=C/Br)OC. The molecule has 0 N–H and O–H groups in total. The maximum absolute atomic E-state index is 11.2. The molecule has 0 heterocycles. The molecular formula is C18H30Br2O2. The highest BCUT2D eigenvalue weighted by Gasteiger charge is 2.08. The van der Waals surface area contributed by atoms with Gasteiger partial charge in [0.1, 0.15) is 12.0 Å². The molecule has 0 fully saturated rings. The quantitative estimate of drug-likeness (QED) is 0.0957. The Kier molecular flexibility index (Phi) is 15.7. The average molecular weight is 438 g/mol. The van der Waals surface area contributed by atoms with Crippen molar-refractivity contribution in [2.45, 2.75) is 77.6 Å². The van der Waals surface area contributed by atoms with E-state index in [1.54, 1.807) is 12.1 Å². The van der Waals surface area contributed by atoms with Gasteiger partial charge in [-0.2, -0.15) is 0 Å². The Morgan fingerprint density at radius 2 is 1.45 bits per heavy atom. The standard InChI is InChI=1S/C18H30Br2O2/c1-3-4-5-6-7-8-9-10-11-12-13-16(15-21)18(20)17(14-19)22-2/h14-15H,3-13H2,1-2H3/b17-14-,18-16+. The molecule has 0 spiro atoms. The van der Waals surface area contributed by atoms with Crippen molar-refractivity contribution in [2.24, 2.45) is 0 Å². The second kappa shape index (κ2) is 15.8. The van der Waals surface area contributed by atoms with Crippen LogP contribution in [0.1, 0.15) is 77.6 Å². The van der Waals surface area contributed by atoms with Gasteiger partial charge in [-0.3, -0.25) is 4.79 Å². The van der Waals surface area contributed by atoms with Crippen molar-refractivity contribution < 1.29 is 9.53 Å². The molecule has 0 unspecified atom stereocenters. The Bertz CT molecular complexity index is 349. The number of unbranched alkanes of at least 4 members (excludes halogenated alkanes) is 9. The van der Waals surface area contributed by atoms with Crippen molar-refractivity contribution >= 4 is 38.1 Å². The highest BCUT2D eigenvalue weighted by atomic mass is 79.9. The van der Waals surface area contributed by atoms with Gasteiger partial charge >= 0.3 is 0 Å². The summed E-state index contributed by atoms with van der Waals surface area (Å²) in [4.78, 5) is 12.9. The van der Waals surface area contributed by atoms with E-state index in [0.29, 0.717) is 5.76 Å². The van der Waals surface area contributed by atoms with Gasteiger partial charge in [-0.25, -0.2) is 0 Å². The van der Waals surface area contributed by atoms with Crippen LogP contribution in [0, 0.1) is 0 Å². The van der Waals surface area contributed by atoms with Crippen LogP contribution in [0.15, 0.2) is 20.8 Å². The smallest absolute Gasteiger partial charge is 0.147 e. The van der Waals surface area contributed by atoms with Crippen LogP contribution in [-0.4, -0.2) is 13.4 Å². The van der Waals surface area contributed by atoms with Gasteiger partial charge in [0.05, 0.1) is 11.6 Å². The molecule has 0 rings (SSSR count). The predicted octanol–water partition coefficient (Wildman–Crippen LogP) is 7.03. The third kappa shape index (κ3) is 10.6. The first kappa shape index (κ1) is 21.9. The average Bonchev–Trinajstić information content (AvgIpc) is 2.54. The Hall–Kier alpha value is -0.0900. The largest absolute Gasteiger partial charge is 0.495 e. The van der Waals surface area contributed by atoms with Crippen molar-refractivity contribution in [1.82, 2.24) is 0 Å². The molecule has 0 aromatic rings. The lowest BCUT2D eigenvalue weighted by Crippen LogP contribution is -1.94. The van der Waals surface area contributed by atoms with Crippen LogP contribution < -0.4 is 0 Å². The highest BCUT2D eigenvalue weighted by molar-refractivity contribution is 9.12. The maximum atomic E-state index is 11.2. The lowest BCUT2D eigenvalue weighted by Gasteiger charge is -2.08. The van der Waals surface area contributed by atoms with E-state index in [2.05, 4.69) is 38.8 Å². The Balaban J connectivity index is 3.80. The number of carbonyl (C=O) groups excluding carboxylic acids is 1. The second-order valence-corrected chi connectivity index (χ2v) is 6.82. The highest BCUT2D eigenvalue weighted by Crippen LogP contribution is 2.25. The third-order valence-electron chi connectivity index (χ3n) is 3.76. The van der Waals surface area contributed by atoms with Gasteiger partial charge in [0, 0.05) is 10.6 Å². The van der Waals surface area contributed by atoms with E-state index in [4.69, 9.17) is 4.74 Å². The molecule has 0 aliphatic heterocycles. The molecule has 0 saturated heterocycles. The van der Waals surface area contributed by atoms with Crippen molar-refractivity contribution in [3.05, 3.63) is 20.8 Å². The molecule has 0 aliphatic rings. The number of halogens is 2. The number of ether oxygens (including phenoxy) is 1. The fourth-order valence-electron chi connectivity index (χ4n) is 2.36. The van der Waals surface area contributed by atoms with Gasteiger partial charge in [0.15, 0.2) is 0 Å². The number of aldehydes is 1. The van der Waals surface area contributed by atoms with Crippen LogP contribution >= 0.6 is 31.9 Å². The zero-order valence-electron chi connectivity index (χ0n) is 14.0. The number of allylic oxidation sites excluding steroid dienone is 2. The summed E-state index contributed by atoms with van der Waals surface area (Å²) in [5.41, 5.74) is 0.770. The van der Waals surface area contributed by atoms with Crippen molar-refractivity contribution in [2.75, 3.05) is 7.11 Å². The summed E-state index contributed by atoms with van der Waals surface area (Å²) in [6, 6.07) is 0. The molecule has 4 heteroatoms. The normalized spacial score (nSPS) is 13.0. The number of rotatable bonds is 14. The van der Waals surface area contributed by atoms with E-state index in [1.165, 1.54) is 57.8 Å². The predicted molar refractivity (Wildman–Crippen MR) is 102 cm³/mol. The van der Waals surface area contributed by atoms with Crippen LogP contribution in [0.5, 0.6) is 0 Å². The molecule has 2 nitrogen and oxygen atoms in total. The summed E-state index contributed by atoms with van der Waals surface area (Å²) in [6.45, 7) is 2.25. The van der Waals surface area contributed by atoms with E-state index in [0.717, 1.165) is 29.2 Å². The Morgan fingerprint density at radius 3 is 1.86 bits per heavy atom. The monoisotopic (exact) mass is 436 g/mol. The zero-order chi connectivity index (χ0) is 16.6. The van der Waals surface area contributed by atoms with E-state index < -0.39 is 0 Å². The first-order chi connectivity index (χ1) is 10.7. The fraction of sp³-hybridized carbons (Fsp3) is 0.722. The van der Waals surface area contributed by atoms with Crippen LogP contribution in [0.25, 0.3) is 0 Å². The number of hydrogen-bond acceptors (Lipinski definition) is 2. The molecule has 0 atom stereocenters. The minimum atomic E-state index is 0.647. The zero-order valence-corrected chi connectivity index (χ0v) is 17.2. The van der Waals surface area contributed by atoms with Crippen molar-refractivity contribution in [3.63, 3.8) is 0 Å². The van der Waals surface area contributed by atoms with Crippen molar-refractivity contribution in [3.8, 4) is 0 Å². The van der Waals surface area contributed by atoms with Gasteiger partial charge in [-0.05, 0) is 28.8 Å². The van der Waals surface area contributed by atoms with Gasteiger partial charge in [-0.15, -0.1) is 0 Å². The molecule has 128 valence electrons. The van der Waals surface area contributed by atoms with Crippen LogP contribution in [0.2, 0.25) is 0 Å². The molecule has 0 radical (unpaired) electrons. The van der Waals surface area contributed by atoms with Gasteiger partial charge in [0.25, 0.3) is 0 Å². The van der Waals surface area contributed by atoms with E-state index >= 15 is 0 Å². The summed E-state index contributed by atoms with van der Waals surface area (Å²) in [5, 5.41) is 0. The molecule has 22 heavy (non-hydrogen) atoms. The second-order valence-electron chi connectivity index (χ2n) is 5.57. The first-order valence-electron chi connectivity index (χ1n) is 8.39. The van der Waals surface area contributed by atoms with E-state index in [1.807, 2.05) is 0 Å². The van der Waals surface area contributed by atoms with Crippen molar-refractivity contribution in [1.29, 1.82) is 0 Å². The molecular weight excluding hydrogens is 408 g/mol. The molecule has 0 aromatic heterocycles. The van der Waals surface area contributed by atoms with E-state index in [9.17, 15) is 4.79 Å². The molecule has 0 aromatic carbocycles. The molecule has 0 saturated carbocycles. The lowest BCUT2D eigenvalue weighted by molar-refractivity contribution is -0.105. The van der Waals surface area contributed by atoms with Gasteiger partial charge in [0.2, 0.25) is 0 Å². The third-order valence-corrected chi connectivity index (χ3v) is 5.08. The number of methoxy groups -OCH3 is 1. The molecule has 0 amide bonds. The topological polar surface area (TPSA) is 26.3 Å². The minimum absolute atomic E-state index is 0.647. The summed E-state index contributed by atoms with van der Waals surface area (Å²) < 4.78 is 5.94. The molecule has 0 bridgehead atoms. The minimum Gasteiger partial charge on any atom is -0.495 e.